The maximum Gasteiger partial charge on any atom is 0.216 e. The van der Waals surface area contributed by atoms with E-state index in [1.807, 2.05) is 30.3 Å². The van der Waals surface area contributed by atoms with Gasteiger partial charge >= 0.3 is 0 Å². The topological polar surface area (TPSA) is 64.4 Å². The number of hydrogen-bond acceptors (Lipinski definition) is 5. The van der Waals surface area contributed by atoms with Crippen LogP contribution in [0.4, 0.5) is 0 Å². The zero-order chi connectivity index (χ0) is 20.8. The Morgan fingerprint density at radius 3 is 2.52 bits per heavy atom. The summed E-state index contributed by atoms with van der Waals surface area (Å²) in [4.78, 5) is 0. The van der Waals surface area contributed by atoms with Crippen LogP contribution in [0.5, 0.6) is 11.5 Å². The second kappa shape index (κ2) is 9.91. The van der Waals surface area contributed by atoms with Gasteiger partial charge in [0.05, 0.1) is 22.9 Å². The molecule has 0 aliphatic carbocycles. The molecule has 3 aromatic rings. The zero-order valence-electron chi connectivity index (χ0n) is 15.9. The van der Waals surface area contributed by atoms with Gasteiger partial charge in [0.15, 0.2) is 11.6 Å². The van der Waals surface area contributed by atoms with Crippen LogP contribution in [0.1, 0.15) is 25.2 Å². The molecule has 152 valence electrons. The third-order valence-electron chi connectivity index (χ3n) is 3.73. The molecule has 0 fully saturated rings. The summed E-state index contributed by atoms with van der Waals surface area (Å²) in [5, 5.41) is 12.1. The Bertz CT molecular complexity index is 1030. The van der Waals surface area contributed by atoms with Crippen molar-refractivity contribution >= 4 is 41.6 Å². The average Bonchev–Trinajstić information content (AvgIpc) is 3.04. The van der Waals surface area contributed by atoms with Crippen molar-refractivity contribution in [1.29, 1.82) is 0 Å². The second-order valence-electron chi connectivity index (χ2n) is 6.62. The zero-order valence-corrected chi connectivity index (χ0v) is 18.3. The smallest absolute Gasteiger partial charge is 0.216 e. The lowest BCUT2D eigenvalue weighted by molar-refractivity contribution is 0.271. The fourth-order valence-electron chi connectivity index (χ4n) is 2.37. The molecule has 0 amide bonds. The van der Waals surface area contributed by atoms with Crippen LogP contribution < -0.4 is 9.47 Å². The first-order valence-electron chi connectivity index (χ1n) is 8.94. The maximum atomic E-state index is 6.32. The van der Waals surface area contributed by atoms with E-state index < -0.39 is 0 Å². The highest BCUT2D eigenvalue weighted by Gasteiger charge is 2.11. The molecule has 0 unspecified atom stereocenters. The fourth-order valence-corrected chi connectivity index (χ4v) is 3.18. The van der Waals surface area contributed by atoms with Gasteiger partial charge in [0.25, 0.3) is 0 Å². The van der Waals surface area contributed by atoms with E-state index in [-0.39, 0.29) is 6.61 Å². The molecule has 0 spiro atoms. The third-order valence-corrected chi connectivity index (χ3v) is 4.56. The van der Waals surface area contributed by atoms with Crippen LogP contribution in [0.3, 0.4) is 0 Å². The first kappa shape index (κ1) is 21.4. The van der Waals surface area contributed by atoms with Gasteiger partial charge in [-0.25, -0.2) is 5.10 Å². The molecule has 0 aliphatic rings. The highest BCUT2D eigenvalue weighted by atomic mass is 35.5. The molecule has 6 nitrogen and oxygen atoms in total. The minimum absolute atomic E-state index is 0.206. The molecular weight excluding hydrogens is 431 g/mol. The van der Waals surface area contributed by atoms with E-state index in [9.17, 15) is 0 Å². The number of aromatic nitrogens is 3. The lowest BCUT2D eigenvalue weighted by Crippen LogP contribution is -2.06. The highest BCUT2D eigenvalue weighted by molar-refractivity contribution is 7.71. The van der Waals surface area contributed by atoms with E-state index in [1.54, 1.807) is 18.3 Å². The van der Waals surface area contributed by atoms with Crippen LogP contribution >= 0.6 is 35.4 Å². The van der Waals surface area contributed by atoms with Crippen LogP contribution in [0, 0.1) is 10.7 Å². The molecule has 1 heterocycles. The van der Waals surface area contributed by atoms with E-state index >= 15 is 0 Å². The number of hydrogen-bond donors (Lipinski definition) is 1. The largest absolute Gasteiger partial charge is 0.490 e. The van der Waals surface area contributed by atoms with Crippen molar-refractivity contribution in [1.82, 2.24) is 14.9 Å². The van der Waals surface area contributed by atoms with E-state index in [1.165, 1.54) is 4.68 Å². The molecular formula is C20H20Cl2N4O2S. The Morgan fingerprint density at radius 1 is 1.17 bits per heavy atom. The molecule has 0 radical (unpaired) electrons. The van der Waals surface area contributed by atoms with Crippen LogP contribution in [0.2, 0.25) is 10.0 Å². The van der Waals surface area contributed by atoms with Gasteiger partial charge in [-0.1, -0.05) is 55.2 Å². The van der Waals surface area contributed by atoms with Gasteiger partial charge in [-0.3, -0.25) is 0 Å². The molecule has 29 heavy (non-hydrogen) atoms. The van der Waals surface area contributed by atoms with E-state index in [2.05, 4.69) is 29.1 Å². The van der Waals surface area contributed by atoms with Crippen molar-refractivity contribution in [2.75, 3.05) is 6.61 Å². The maximum absolute atomic E-state index is 6.32. The summed E-state index contributed by atoms with van der Waals surface area (Å²) in [5.74, 6) is 2.09. The second-order valence-corrected chi connectivity index (χ2v) is 7.82. The summed E-state index contributed by atoms with van der Waals surface area (Å²) >= 11 is 17.9. The Morgan fingerprint density at radius 2 is 1.86 bits per heavy atom. The third kappa shape index (κ3) is 5.82. The minimum Gasteiger partial charge on any atom is -0.490 e. The number of aromatic amines is 1. The first-order valence-corrected chi connectivity index (χ1v) is 10.1. The molecule has 9 heteroatoms. The quantitative estimate of drug-likeness (QED) is 0.350. The summed E-state index contributed by atoms with van der Waals surface area (Å²) in [5.41, 5.74) is 0.704. The standard InChI is InChI=1S/C20H20Cl2N4O2S/c1-13(2)11-28-19-16(21)8-14(9-17(19)22)10-23-26-18(24-25-20(26)29)12-27-15-6-4-3-5-7-15/h3-10,13H,11-12H2,1-2H3,(H,25,29)/b23-10-. The summed E-state index contributed by atoms with van der Waals surface area (Å²) in [7, 11) is 0. The summed E-state index contributed by atoms with van der Waals surface area (Å²) in [6, 6.07) is 12.9. The van der Waals surface area contributed by atoms with Crippen molar-refractivity contribution in [2.24, 2.45) is 11.0 Å². The van der Waals surface area contributed by atoms with Gasteiger partial charge in [-0.2, -0.15) is 14.9 Å². The van der Waals surface area contributed by atoms with Gasteiger partial charge in [0.1, 0.15) is 12.4 Å². The Hall–Kier alpha value is -2.35. The number of nitrogens with zero attached hydrogens (tertiary/aromatic N) is 3. The molecule has 0 aliphatic heterocycles. The number of H-pyrrole nitrogens is 1. The SMILES string of the molecule is CC(C)COc1c(Cl)cc(/C=N\n2c(COc3ccccc3)n[nH]c2=S)cc1Cl. The number of halogens is 2. The van der Waals surface area contributed by atoms with E-state index in [4.69, 9.17) is 44.9 Å². The lowest BCUT2D eigenvalue weighted by atomic mass is 10.2. The summed E-state index contributed by atoms with van der Waals surface area (Å²) in [6.45, 7) is 4.84. The van der Waals surface area contributed by atoms with Crippen molar-refractivity contribution in [3.05, 3.63) is 68.7 Å². The van der Waals surface area contributed by atoms with Crippen molar-refractivity contribution in [3.8, 4) is 11.5 Å². The summed E-state index contributed by atoms with van der Waals surface area (Å²) in [6.07, 6.45) is 1.60. The lowest BCUT2D eigenvalue weighted by Gasteiger charge is -2.12. The van der Waals surface area contributed by atoms with Gasteiger partial charge in [-0.15, -0.1) is 0 Å². The highest BCUT2D eigenvalue weighted by Crippen LogP contribution is 2.34. The number of ether oxygens (including phenoxy) is 2. The van der Waals surface area contributed by atoms with Gasteiger partial charge in [0.2, 0.25) is 4.77 Å². The Labute approximate surface area is 184 Å². The number of nitrogens with one attached hydrogen (secondary N) is 1. The van der Waals surface area contributed by atoms with Gasteiger partial charge in [0, 0.05) is 0 Å². The Kier molecular flexibility index (Phi) is 7.30. The Balaban J connectivity index is 1.76. The van der Waals surface area contributed by atoms with Crippen LogP contribution in [0.25, 0.3) is 0 Å². The first-order chi connectivity index (χ1) is 13.9. The average molecular weight is 451 g/mol. The van der Waals surface area contributed by atoms with Crippen molar-refractivity contribution in [2.45, 2.75) is 20.5 Å². The monoisotopic (exact) mass is 450 g/mol. The number of para-hydroxylation sites is 1. The normalized spacial score (nSPS) is 11.3. The molecule has 1 N–H and O–H groups in total. The predicted molar refractivity (Wildman–Crippen MR) is 118 cm³/mol. The molecule has 3 rings (SSSR count). The van der Waals surface area contributed by atoms with Gasteiger partial charge in [-0.05, 0) is 48.0 Å². The van der Waals surface area contributed by atoms with Crippen LogP contribution in [-0.4, -0.2) is 27.7 Å². The molecule has 0 atom stereocenters. The number of benzene rings is 2. The fraction of sp³-hybridized carbons (Fsp3) is 0.250. The van der Waals surface area contributed by atoms with Crippen molar-refractivity contribution < 1.29 is 9.47 Å². The van der Waals surface area contributed by atoms with Crippen molar-refractivity contribution in [3.63, 3.8) is 0 Å². The molecule has 0 bridgehead atoms. The van der Waals surface area contributed by atoms with E-state index in [0.717, 1.165) is 5.75 Å². The predicted octanol–water partition coefficient (Wildman–Crippen LogP) is 5.74. The molecule has 0 saturated heterocycles. The minimum atomic E-state index is 0.206. The summed E-state index contributed by atoms with van der Waals surface area (Å²) < 4.78 is 13.2. The molecule has 0 saturated carbocycles. The molecule has 2 aromatic carbocycles. The van der Waals surface area contributed by atoms with Crippen LogP contribution in [-0.2, 0) is 6.61 Å². The van der Waals surface area contributed by atoms with E-state index in [0.29, 0.717) is 44.5 Å². The van der Waals surface area contributed by atoms with Gasteiger partial charge < -0.3 is 9.47 Å². The molecule has 1 aromatic heterocycles. The number of rotatable bonds is 8. The van der Waals surface area contributed by atoms with Crippen LogP contribution in [0.15, 0.2) is 47.6 Å².